The fourth-order valence-electron chi connectivity index (χ4n) is 3.08. The quantitative estimate of drug-likeness (QED) is 0.917. The lowest BCUT2D eigenvalue weighted by Gasteiger charge is -2.15. The summed E-state index contributed by atoms with van der Waals surface area (Å²) in [6.45, 7) is 4.07. The van der Waals surface area contributed by atoms with Gasteiger partial charge in [-0.05, 0) is 31.0 Å². The second-order valence-electron chi connectivity index (χ2n) is 5.52. The average molecular weight is 281 g/mol. The molecule has 21 heavy (non-hydrogen) atoms. The van der Waals surface area contributed by atoms with Crippen molar-refractivity contribution < 1.29 is 9.53 Å². The SMILES string of the molecule is CNC(=O)c1cc(C)cc2c1OC(C)[C@H]2c1ccccc1. The highest BCUT2D eigenvalue weighted by atomic mass is 16.5. The van der Waals surface area contributed by atoms with Gasteiger partial charge in [-0.25, -0.2) is 0 Å². The molecular formula is C18H19NO2. The third-order valence-electron chi connectivity index (χ3n) is 4.00. The second kappa shape index (κ2) is 5.24. The van der Waals surface area contributed by atoms with Gasteiger partial charge in [0.25, 0.3) is 5.91 Å². The van der Waals surface area contributed by atoms with E-state index >= 15 is 0 Å². The molecule has 3 rings (SSSR count). The Hall–Kier alpha value is -2.29. The molecule has 0 radical (unpaired) electrons. The summed E-state index contributed by atoms with van der Waals surface area (Å²) in [6, 6.07) is 14.3. The van der Waals surface area contributed by atoms with Gasteiger partial charge in [0.1, 0.15) is 11.9 Å². The van der Waals surface area contributed by atoms with Gasteiger partial charge in [0.2, 0.25) is 0 Å². The average Bonchev–Trinajstić information content (AvgIpc) is 2.82. The number of hydrogen-bond acceptors (Lipinski definition) is 2. The minimum atomic E-state index is -0.101. The van der Waals surface area contributed by atoms with Crippen molar-refractivity contribution in [3.8, 4) is 5.75 Å². The number of amides is 1. The minimum absolute atomic E-state index is 0.0209. The van der Waals surface area contributed by atoms with Crippen LogP contribution in [0, 0.1) is 6.92 Å². The van der Waals surface area contributed by atoms with Gasteiger partial charge in [0.05, 0.1) is 5.56 Å². The third kappa shape index (κ3) is 2.29. The normalized spacial score (nSPS) is 19.8. The maximum atomic E-state index is 12.1. The standard InChI is InChI=1S/C18H19NO2/c1-11-9-14-16(13-7-5-4-6-8-13)12(2)21-17(14)15(10-11)18(20)19-3/h4-10,12,16H,1-3H3,(H,19,20)/t12?,16-/m0/s1. The highest BCUT2D eigenvalue weighted by molar-refractivity contribution is 5.97. The molecule has 0 saturated heterocycles. The molecule has 0 fully saturated rings. The summed E-state index contributed by atoms with van der Waals surface area (Å²) in [4.78, 5) is 12.1. The fourth-order valence-corrected chi connectivity index (χ4v) is 3.08. The lowest BCUT2D eigenvalue weighted by Crippen LogP contribution is -2.19. The first-order chi connectivity index (χ1) is 10.1. The number of ether oxygens (including phenoxy) is 1. The lowest BCUT2D eigenvalue weighted by atomic mass is 9.87. The highest BCUT2D eigenvalue weighted by Gasteiger charge is 2.35. The van der Waals surface area contributed by atoms with Crippen LogP contribution in [0.3, 0.4) is 0 Å². The number of carbonyl (C=O) groups is 1. The van der Waals surface area contributed by atoms with E-state index in [4.69, 9.17) is 4.74 Å². The van der Waals surface area contributed by atoms with Gasteiger partial charge in [-0.2, -0.15) is 0 Å². The number of hydrogen-bond donors (Lipinski definition) is 1. The van der Waals surface area contributed by atoms with E-state index < -0.39 is 0 Å². The highest BCUT2D eigenvalue weighted by Crippen LogP contribution is 2.44. The first-order valence-electron chi connectivity index (χ1n) is 7.20. The Balaban J connectivity index is 2.15. The van der Waals surface area contributed by atoms with E-state index in [0.717, 1.165) is 16.9 Å². The molecule has 1 N–H and O–H groups in total. The molecule has 2 aromatic rings. The third-order valence-corrected chi connectivity index (χ3v) is 4.00. The van der Waals surface area contributed by atoms with Crippen LogP contribution in [0.25, 0.3) is 0 Å². The van der Waals surface area contributed by atoms with Crippen LogP contribution in [0.2, 0.25) is 0 Å². The zero-order chi connectivity index (χ0) is 15.0. The van der Waals surface area contributed by atoms with E-state index in [1.165, 1.54) is 5.56 Å². The summed E-state index contributed by atoms with van der Waals surface area (Å²) in [5, 5.41) is 2.69. The number of benzene rings is 2. The van der Waals surface area contributed by atoms with Crippen molar-refractivity contribution in [3.05, 3.63) is 64.7 Å². The van der Waals surface area contributed by atoms with Gasteiger partial charge in [0, 0.05) is 18.5 Å². The largest absolute Gasteiger partial charge is 0.489 e. The van der Waals surface area contributed by atoms with Gasteiger partial charge in [-0.1, -0.05) is 36.4 Å². The summed E-state index contributed by atoms with van der Waals surface area (Å²) in [5.74, 6) is 0.793. The molecule has 3 heteroatoms. The summed E-state index contributed by atoms with van der Waals surface area (Å²) in [5.41, 5.74) is 4.02. The van der Waals surface area contributed by atoms with Crippen LogP contribution in [0.15, 0.2) is 42.5 Å². The molecule has 0 spiro atoms. The molecule has 2 atom stereocenters. The first kappa shape index (κ1) is 13.7. The molecule has 0 aromatic heterocycles. The molecule has 108 valence electrons. The van der Waals surface area contributed by atoms with E-state index in [0.29, 0.717) is 5.56 Å². The minimum Gasteiger partial charge on any atom is -0.489 e. The van der Waals surface area contributed by atoms with Gasteiger partial charge >= 0.3 is 0 Å². The predicted octanol–water partition coefficient (Wildman–Crippen LogP) is 3.27. The first-order valence-corrected chi connectivity index (χ1v) is 7.20. The predicted molar refractivity (Wildman–Crippen MR) is 82.9 cm³/mol. The Morgan fingerprint density at radius 1 is 1.19 bits per heavy atom. The molecule has 0 bridgehead atoms. The second-order valence-corrected chi connectivity index (χ2v) is 5.52. The Morgan fingerprint density at radius 3 is 2.57 bits per heavy atom. The lowest BCUT2D eigenvalue weighted by molar-refractivity contribution is 0.0958. The molecule has 1 heterocycles. The van der Waals surface area contributed by atoms with Gasteiger partial charge in [0.15, 0.2) is 0 Å². The number of carbonyl (C=O) groups excluding carboxylic acids is 1. The van der Waals surface area contributed by atoms with Crippen molar-refractivity contribution in [1.29, 1.82) is 0 Å². The van der Waals surface area contributed by atoms with Crippen molar-refractivity contribution in [2.24, 2.45) is 0 Å². The van der Waals surface area contributed by atoms with E-state index in [1.807, 2.05) is 31.2 Å². The smallest absolute Gasteiger partial charge is 0.254 e. The van der Waals surface area contributed by atoms with Crippen LogP contribution in [0.4, 0.5) is 0 Å². The number of rotatable bonds is 2. The van der Waals surface area contributed by atoms with Crippen LogP contribution in [-0.4, -0.2) is 19.1 Å². The van der Waals surface area contributed by atoms with Crippen molar-refractivity contribution >= 4 is 5.91 Å². The molecule has 1 aliphatic rings. The summed E-state index contributed by atoms with van der Waals surface area (Å²) < 4.78 is 6.02. The van der Waals surface area contributed by atoms with E-state index in [-0.39, 0.29) is 17.9 Å². The Morgan fingerprint density at radius 2 is 1.90 bits per heavy atom. The van der Waals surface area contributed by atoms with Crippen LogP contribution in [0.5, 0.6) is 5.75 Å². The zero-order valence-electron chi connectivity index (χ0n) is 12.5. The number of fused-ring (bicyclic) bond motifs is 1. The molecule has 0 saturated carbocycles. The number of nitrogens with one attached hydrogen (secondary N) is 1. The summed E-state index contributed by atoms with van der Waals surface area (Å²) in [7, 11) is 1.64. The van der Waals surface area contributed by atoms with Gasteiger partial charge in [-0.15, -0.1) is 0 Å². The topological polar surface area (TPSA) is 38.3 Å². The van der Waals surface area contributed by atoms with Crippen LogP contribution in [-0.2, 0) is 0 Å². The monoisotopic (exact) mass is 281 g/mol. The molecule has 2 aromatic carbocycles. The van der Waals surface area contributed by atoms with Crippen molar-refractivity contribution in [2.45, 2.75) is 25.9 Å². The molecule has 1 amide bonds. The Kier molecular flexibility index (Phi) is 3.42. The molecule has 0 aliphatic carbocycles. The van der Waals surface area contributed by atoms with Crippen molar-refractivity contribution in [2.75, 3.05) is 7.05 Å². The molecular weight excluding hydrogens is 262 g/mol. The van der Waals surface area contributed by atoms with E-state index in [9.17, 15) is 4.79 Å². The van der Waals surface area contributed by atoms with Gasteiger partial charge in [-0.3, -0.25) is 4.79 Å². The van der Waals surface area contributed by atoms with Crippen molar-refractivity contribution in [1.82, 2.24) is 5.32 Å². The van der Waals surface area contributed by atoms with Gasteiger partial charge < -0.3 is 10.1 Å². The van der Waals surface area contributed by atoms with E-state index in [2.05, 4.69) is 30.4 Å². The molecule has 1 unspecified atom stereocenters. The number of aryl methyl sites for hydroxylation is 1. The Bertz CT molecular complexity index is 679. The maximum absolute atomic E-state index is 12.1. The summed E-state index contributed by atoms with van der Waals surface area (Å²) >= 11 is 0. The van der Waals surface area contributed by atoms with Crippen LogP contribution in [0.1, 0.15) is 39.9 Å². The summed E-state index contributed by atoms with van der Waals surface area (Å²) in [6.07, 6.45) is 0.0209. The Labute approximate surface area is 124 Å². The zero-order valence-corrected chi connectivity index (χ0v) is 12.5. The molecule has 3 nitrogen and oxygen atoms in total. The van der Waals surface area contributed by atoms with E-state index in [1.54, 1.807) is 7.05 Å². The van der Waals surface area contributed by atoms with Crippen LogP contribution < -0.4 is 10.1 Å². The van der Waals surface area contributed by atoms with Crippen molar-refractivity contribution in [3.63, 3.8) is 0 Å². The molecule has 1 aliphatic heterocycles. The maximum Gasteiger partial charge on any atom is 0.254 e. The van der Waals surface area contributed by atoms with Crippen LogP contribution >= 0.6 is 0 Å². The fraction of sp³-hybridized carbons (Fsp3) is 0.278.